The Morgan fingerprint density at radius 1 is 1.03 bits per heavy atom. The zero-order valence-electron chi connectivity index (χ0n) is 18.2. The number of carbonyl (C=O) groups excluding carboxylic acids is 1. The lowest BCUT2D eigenvalue weighted by molar-refractivity contribution is -0.192. The molecule has 4 rings (SSSR count). The minimum absolute atomic E-state index is 0.228. The van der Waals surface area contributed by atoms with Crippen molar-refractivity contribution >= 4 is 23.5 Å². The summed E-state index contributed by atoms with van der Waals surface area (Å²) in [5.74, 6) is -3.67. The van der Waals surface area contributed by atoms with Gasteiger partial charge in [0.1, 0.15) is 5.82 Å². The SMILES string of the molecule is NC(=O)c1cccc(-c2ccc(CNC3Cc4ccccc4C3)c(F)c2)c1Cl.O=C(O)C(F)(F)F. The molecule has 0 unspecified atom stereocenters. The van der Waals surface area contributed by atoms with Crippen LogP contribution in [-0.4, -0.2) is 29.2 Å². The molecule has 1 amide bonds. The first-order valence-electron chi connectivity index (χ1n) is 10.4. The van der Waals surface area contributed by atoms with E-state index >= 15 is 0 Å². The fraction of sp³-hybridized carbons (Fsp3) is 0.200. The lowest BCUT2D eigenvalue weighted by Gasteiger charge is -2.14. The topological polar surface area (TPSA) is 92.4 Å². The second-order valence-corrected chi connectivity index (χ2v) is 8.27. The molecule has 0 aromatic heterocycles. The number of primary amides is 1. The highest BCUT2D eigenvalue weighted by molar-refractivity contribution is 6.36. The second kappa shape index (κ2) is 10.9. The van der Waals surface area contributed by atoms with E-state index in [1.807, 2.05) is 6.07 Å². The molecule has 184 valence electrons. The van der Waals surface area contributed by atoms with Crippen molar-refractivity contribution in [1.29, 1.82) is 0 Å². The largest absolute Gasteiger partial charge is 0.490 e. The molecule has 0 fully saturated rings. The van der Waals surface area contributed by atoms with Crippen LogP contribution in [0.2, 0.25) is 5.02 Å². The smallest absolute Gasteiger partial charge is 0.475 e. The van der Waals surface area contributed by atoms with Crippen molar-refractivity contribution in [3.63, 3.8) is 0 Å². The van der Waals surface area contributed by atoms with Crippen molar-refractivity contribution in [2.24, 2.45) is 5.73 Å². The number of fused-ring (bicyclic) bond motifs is 1. The molecular weight excluding hydrogens is 488 g/mol. The Morgan fingerprint density at radius 3 is 2.14 bits per heavy atom. The summed E-state index contributed by atoms with van der Waals surface area (Å²) in [6, 6.07) is 18.7. The van der Waals surface area contributed by atoms with Crippen LogP contribution < -0.4 is 11.1 Å². The van der Waals surface area contributed by atoms with Gasteiger partial charge in [0.2, 0.25) is 5.91 Å². The number of halogens is 5. The summed E-state index contributed by atoms with van der Waals surface area (Å²) in [7, 11) is 0. The monoisotopic (exact) mass is 508 g/mol. The average Bonchev–Trinajstić information content (AvgIpc) is 3.21. The van der Waals surface area contributed by atoms with Crippen LogP contribution in [0, 0.1) is 5.82 Å². The molecule has 3 aromatic carbocycles. The van der Waals surface area contributed by atoms with Crippen LogP contribution in [-0.2, 0) is 24.2 Å². The number of alkyl halides is 3. The zero-order valence-corrected chi connectivity index (χ0v) is 19.0. The fourth-order valence-electron chi connectivity index (χ4n) is 3.76. The van der Waals surface area contributed by atoms with Crippen LogP contribution in [0.15, 0.2) is 60.7 Å². The van der Waals surface area contributed by atoms with Gasteiger partial charge in [-0.1, -0.05) is 60.1 Å². The van der Waals surface area contributed by atoms with Gasteiger partial charge in [-0.05, 0) is 41.7 Å². The maximum atomic E-state index is 14.7. The van der Waals surface area contributed by atoms with Crippen molar-refractivity contribution in [3.8, 4) is 11.1 Å². The maximum absolute atomic E-state index is 14.7. The number of benzene rings is 3. The number of hydrogen-bond acceptors (Lipinski definition) is 3. The van der Waals surface area contributed by atoms with E-state index in [-0.39, 0.29) is 16.4 Å². The molecule has 4 N–H and O–H groups in total. The molecule has 0 aliphatic heterocycles. The van der Waals surface area contributed by atoms with E-state index in [9.17, 15) is 22.4 Å². The molecule has 5 nitrogen and oxygen atoms in total. The van der Waals surface area contributed by atoms with Crippen LogP contribution in [0.3, 0.4) is 0 Å². The summed E-state index contributed by atoms with van der Waals surface area (Å²) in [4.78, 5) is 20.4. The minimum atomic E-state index is -5.08. The molecule has 1 aliphatic rings. The van der Waals surface area contributed by atoms with E-state index in [0.29, 0.717) is 29.3 Å². The maximum Gasteiger partial charge on any atom is 0.490 e. The number of carboxylic acids is 1. The van der Waals surface area contributed by atoms with Crippen molar-refractivity contribution in [1.82, 2.24) is 5.32 Å². The Morgan fingerprint density at radius 2 is 1.63 bits per heavy atom. The summed E-state index contributed by atoms with van der Waals surface area (Å²) in [5, 5.41) is 10.8. The molecule has 10 heteroatoms. The van der Waals surface area contributed by atoms with Crippen LogP contribution in [0.25, 0.3) is 11.1 Å². The first-order valence-corrected chi connectivity index (χ1v) is 10.8. The fourth-order valence-corrected chi connectivity index (χ4v) is 4.09. The Bertz CT molecular complexity index is 1220. The van der Waals surface area contributed by atoms with Crippen molar-refractivity contribution < 1.29 is 32.3 Å². The molecule has 0 heterocycles. The van der Waals surface area contributed by atoms with E-state index in [2.05, 4.69) is 29.6 Å². The molecule has 0 saturated heterocycles. The van der Waals surface area contributed by atoms with E-state index < -0.39 is 18.1 Å². The van der Waals surface area contributed by atoms with Gasteiger partial charge < -0.3 is 16.2 Å². The molecule has 0 saturated carbocycles. The van der Waals surface area contributed by atoms with Crippen molar-refractivity contribution in [2.45, 2.75) is 31.6 Å². The summed E-state index contributed by atoms with van der Waals surface area (Å²) >= 11 is 6.29. The van der Waals surface area contributed by atoms with Gasteiger partial charge in [0.05, 0.1) is 10.6 Å². The zero-order chi connectivity index (χ0) is 25.8. The summed E-state index contributed by atoms with van der Waals surface area (Å²) in [5.41, 5.74) is 10.1. The Labute approximate surface area is 203 Å². The number of amides is 1. The number of nitrogens with one attached hydrogen (secondary N) is 1. The number of rotatable bonds is 5. The van der Waals surface area contributed by atoms with Gasteiger partial charge in [-0.25, -0.2) is 9.18 Å². The van der Waals surface area contributed by atoms with E-state index in [0.717, 1.165) is 12.8 Å². The first-order chi connectivity index (χ1) is 16.5. The highest BCUT2D eigenvalue weighted by Gasteiger charge is 2.38. The molecule has 1 aliphatic carbocycles. The number of nitrogens with two attached hydrogens (primary N) is 1. The molecule has 0 spiro atoms. The van der Waals surface area contributed by atoms with E-state index in [1.54, 1.807) is 24.3 Å². The predicted octanol–water partition coefficient (Wildman–Crippen LogP) is 5.14. The molecule has 3 aromatic rings. The third-order valence-corrected chi connectivity index (χ3v) is 5.91. The molecule has 35 heavy (non-hydrogen) atoms. The normalized spacial score (nSPS) is 13.1. The molecular formula is C25H21ClF4N2O3. The number of aliphatic carboxylic acids is 1. The third-order valence-electron chi connectivity index (χ3n) is 5.50. The molecule has 0 radical (unpaired) electrons. The Hall–Kier alpha value is -3.43. The Kier molecular flexibility index (Phi) is 8.14. The van der Waals surface area contributed by atoms with E-state index in [1.165, 1.54) is 17.2 Å². The standard InChI is InChI=1S/C23H20ClFN2O.C2HF3O2/c24-22-19(6-3-7-20(22)23(26)28)16-8-9-17(21(25)12-16)13-27-18-10-14-4-1-2-5-15(14)11-18;3-2(4,5)1(6)7/h1-9,12,18,27H,10-11,13H2,(H2,26,28);(H,6,7). The van der Waals surface area contributed by atoms with Crippen LogP contribution >= 0.6 is 11.6 Å². The average molecular weight is 509 g/mol. The summed E-state index contributed by atoms with van der Waals surface area (Å²) in [6.07, 6.45) is -3.16. The van der Waals surface area contributed by atoms with Gasteiger partial charge in [-0.15, -0.1) is 0 Å². The summed E-state index contributed by atoms with van der Waals surface area (Å²) in [6.45, 7) is 0.458. The highest BCUT2D eigenvalue weighted by Crippen LogP contribution is 2.31. The first kappa shape index (κ1) is 26.2. The van der Waals surface area contributed by atoms with Gasteiger partial charge in [-0.3, -0.25) is 4.79 Å². The quantitative estimate of drug-likeness (QED) is 0.416. The number of carbonyl (C=O) groups is 2. The van der Waals surface area contributed by atoms with Crippen molar-refractivity contribution in [2.75, 3.05) is 0 Å². The van der Waals surface area contributed by atoms with Gasteiger partial charge in [-0.2, -0.15) is 13.2 Å². The predicted molar refractivity (Wildman–Crippen MR) is 124 cm³/mol. The van der Waals surface area contributed by atoms with Gasteiger partial charge >= 0.3 is 12.1 Å². The van der Waals surface area contributed by atoms with Gasteiger partial charge in [0, 0.05) is 23.7 Å². The minimum Gasteiger partial charge on any atom is -0.475 e. The van der Waals surface area contributed by atoms with Crippen molar-refractivity contribution in [3.05, 3.63) is 93.8 Å². The highest BCUT2D eigenvalue weighted by atomic mass is 35.5. The lowest BCUT2D eigenvalue weighted by Crippen LogP contribution is -2.29. The van der Waals surface area contributed by atoms with Gasteiger partial charge in [0.15, 0.2) is 0 Å². The third kappa shape index (κ3) is 6.58. The second-order valence-electron chi connectivity index (χ2n) is 7.90. The van der Waals surface area contributed by atoms with Crippen LogP contribution in [0.1, 0.15) is 27.0 Å². The van der Waals surface area contributed by atoms with E-state index in [4.69, 9.17) is 27.2 Å². The number of hydrogen-bond donors (Lipinski definition) is 3. The van der Waals surface area contributed by atoms with Gasteiger partial charge in [0.25, 0.3) is 0 Å². The number of carboxylic acid groups (broad SMARTS) is 1. The van der Waals surface area contributed by atoms with Crippen LogP contribution in [0.5, 0.6) is 0 Å². The summed E-state index contributed by atoms with van der Waals surface area (Å²) < 4.78 is 46.4. The molecule has 0 bridgehead atoms. The van der Waals surface area contributed by atoms with Crippen LogP contribution in [0.4, 0.5) is 17.6 Å². The lowest BCUT2D eigenvalue weighted by atomic mass is 10.0. The molecule has 0 atom stereocenters. The Balaban J connectivity index is 0.000000429.